The first-order valence-corrected chi connectivity index (χ1v) is 4.15. The molecule has 0 spiro atoms. The van der Waals surface area contributed by atoms with E-state index in [0.29, 0.717) is 5.92 Å². The maximum atomic E-state index is 12.0. The quantitative estimate of drug-likeness (QED) is 0.668. The standard InChI is InChI=1S/C8H15F2N/c1-5(7-3-4-7)11-6(2)8(9)10/h5-8,11H,3-4H2,1-2H3. The Morgan fingerprint density at radius 3 is 2.18 bits per heavy atom. The van der Waals surface area contributed by atoms with Crippen molar-refractivity contribution in [2.24, 2.45) is 5.92 Å². The predicted octanol–water partition coefficient (Wildman–Crippen LogP) is 2.03. The molecule has 0 radical (unpaired) electrons. The molecule has 1 nitrogen and oxygen atoms in total. The van der Waals surface area contributed by atoms with E-state index in [4.69, 9.17) is 0 Å². The molecular weight excluding hydrogens is 148 g/mol. The van der Waals surface area contributed by atoms with Crippen molar-refractivity contribution in [2.45, 2.75) is 45.2 Å². The lowest BCUT2D eigenvalue weighted by Crippen LogP contribution is -2.40. The number of halogens is 2. The van der Waals surface area contributed by atoms with Crippen LogP contribution in [0.5, 0.6) is 0 Å². The number of rotatable bonds is 4. The Kier molecular flexibility index (Phi) is 2.82. The molecule has 1 saturated carbocycles. The van der Waals surface area contributed by atoms with E-state index >= 15 is 0 Å². The zero-order valence-corrected chi connectivity index (χ0v) is 6.98. The van der Waals surface area contributed by atoms with Gasteiger partial charge in [0.05, 0.1) is 6.04 Å². The summed E-state index contributed by atoms with van der Waals surface area (Å²) < 4.78 is 24.0. The molecule has 0 aromatic rings. The number of nitrogens with one attached hydrogen (secondary N) is 1. The third-order valence-corrected chi connectivity index (χ3v) is 2.23. The maximum Gasteiger partial charge on any atom is 0.253 e. The largest absolute Gasteiger partial charge is 0.306 e. The van der Waals surface area contributed by atoms with Crippen LogP contribution in [0.3, 0.4) is 0 Å². The van der Waals surface area contributed by atoms with Gasteiger partial charge in [-0.15, -0.1) is 0 Å². The molecule has 0 aliphatic heterocycles. The molecule has 1 N–H and O–H groups in total. The summed E-state index contributed by atoms with van der Waals surface area (Å²) in [5.41, 5.74) is 0. The first-order valence-electron chi connectivity index (χ1n) is 4.15. The molecule has 2 unspecified atom stereocenters. The van der Waals surface area contributed by atoms with Crippen molar-refractivity contribution in [1.82, 2.24) is 5.32 Å². The molecule has 66 valence electrons. The van der Waals surface area contributed by atoms with Crippen LogP contribution < -0.4 is 5.32 Å². The molecule has 0 aromatic carbocycles. The molecular formula is C8H15F2N. The Hall–Kier alpha value is -0.180. The zero-order chi connectivity index (χ0) is 8.43. The van der Waals surface area contributed by atoms with Crippen molar-refractivity contribution in [3.05, 3.63) is 0 Å². The van der Waals surface area contributed by atoms with Gasteiger partial charge in [-0.05, 0) is 32.6 Å². The van der Waals surface area contributed by atoms with Crippen LogP contribution in [0.4, 0.5) is 8.78 Å². The summed E-state index contributed by atoms with van der Waals surface area (Å²) in [4.78, 5) is 0. The average molecular weight is 163 g/mol. The molecule has 3 heteroatoms. The fourth-order valence-electron chi connectivity index (χ4n) is 1.22. The van der Waals surface area contributed by atoms with Crippen molar-refractivity contribution in [2.75, 3.05) is 0 Å². The molecule has 0 heterocycles. The molecule has 1 aliphatic rings. The Balaban J connectivity index is 2.17. The van der Waals surface area contributed by atoms with E-state index in [9.17, 15) is 8.78 Å². The monoisotopic (exact) mass is 163 g/mol. The number of hydrogen-bond donors (Lipinski definition) is 1. The van der Waals surface area contributed by atoms with Crippen LogP contribution >= 0.6 is 0 Å². The summed E-state index contributed by atoms with van der Waals surface area (Å²) in [5, 5.41) is 2.89. The van der Waals surface area contributed by atoms with Gasteiger partial charge in [-0.3, -0.25) is 0 Å². The van der Waals surface area contributed by atoms with E-state index in [1.807, 2.05) is 6.92 Å². The van der Waals surface area contributed by atoms with Crippen LogP contribution in [0.2, 0.25) is 0 Å². The second-order valence-electron chi connectivity index (χ2n) is 3.42. The number of alkyl halides is 2. The summed E-state index contributed by atoms with van der Waals surface area (Å²) in [7, 11) is 0. The van der Waals surface area contributed by atoms with Gasteiger partial charge < -0.3 is 5.32 Å². The van der Waals surface area contributed by atoms with Crippen molar-refractivity contribution in [1.29, 1.82) is 0 Å². The lowest BCUT2D eigenvalue weighted by Gasteiger charge is -2.18. The van der Waals surface area contributed by atoms with E-state index in [2.05, 4.69) is 5.32 Å². The highest BCUT2D eigenvalue weighted by molar-refractivity contribution is 4.85. The van der Waals surface area contributed by atoms with E-state index in [1.54, 1.807) is 0 Å². The van der Waals surface area contributed by atoms with Crippen LogP contribution in [0.15, 0.2) is 0 Å². The lowest BCUT2D eigenvalue weighted by atomic mass is 10.2. The van der Waals surface area contributed by atoms with Gasteiger partial charge in [-0.1, -0.05) is 0 Å². The van der Waals surface area contributed by atoms with Gasteiger partial charge >= 0.3 is 0 Å². The average Bonchev–Trinajstić information content (AvgIpc) is 2.67. The van der Waals surface area contributed by atoms with Gasteiger partial charge in [0, 0.05) is 6.04 Å². The third-order valence-electron chi connectivity index (χ3n) is 2.23. The van der Waals surface area contributed by atoms with Crippen LogP contribution in [0.1, 0.15) is 26.7 Å². The van der Waals surface area contributed by atoms with Crippen LogP contribution in [-0.2, 0) is 0 Å². The highest BCUT2D eigenvalue weighted by Gasteiger charge is 2.29. The van der Waals surface area contributed by atoms with E-state index < -0.39 is 12.5 Å². The Bertz CT molecular complexity index is 117. The molecule has 1 fully saturated rings. The Morgan fingerprint density at radius 1 is 1.27 bits per heavy atom. The summed E-state index contributed by atoms with van der Waals surface area (Å²) in [5.74, 6) is 0.649. The van der Waals surface area contributed by atoms with Gasteiger partial charge in [-0.2, -0.15) is 0 Å². The molecule has 0 aromatic heterocycles. The minimum Gasteiger partial charge on any atom is -0.306 e. The third kappa shape index (κ3) is 2.73. The fourth-order valence-corrected chi connectivity index (χ4v) is 1.22. The summed E-state index contributed by atoms with van der Waals surface area (Å²) in [6.45, 7) is 3.51. The molecule has 2 atom stereocenters. The van der Waals surface area contributed by atoms with Gasteiger partial charge in [0.25, 0.3) is 6.43 Å². The Morgan fingerprint density at radius 2 is 1.82 bits per heavy atom. The minimum absolute atomic E-state index is 0.263. The minimum atomic E-state index is -2.24. The molecule has 1 aliphatic carbocycles. The van der Waals surface area contributed by atoms with Crippen LogP contribution in [-0.4, -0.2) is 18.5 Å². The SMILES string of the molecule is CC(NC(C)C1CC1)C(F)F. The van der Waals surface area contributed by atoms with Crippen molar-refractivity contribution in [3.63, 3.8) is 0 Å². The molecule has 11 heavy (non-hydrogen) atoms. The predicted molar refractivity (Wildman–Crippen MR) is 40.8 cm³/mol. The molecule has 0 amide bonds. The van der Waals surface area contributed by atoms with E-state index in [-0.39, 0.29) is 6.04 Å². The molecule has 1 rings (SSSR count). The van der Waals surface area contributed by atoms with Gasteiger partial charge in [0.2, 0.25) is 0 Å². The van der Waals surface area contributed by atoms with Gasteiger partial charge in [-0.25, -0.2) is 8.78 Å². The zero-order valence-electron chi connectivity index (χ0n) is 6.98. The first kappa shape index (κ1) is 8.91. The second kappa shape index (κ2) is 3.48. The normalized spacial score (nSPS) is 23.7. The smallest absolute Gasteiger partial charge is 0.253 e. The van der Waals surface area contributed by atoms with Crippen molar-refractivity contribution >= 4 is 0 Å². The van der Waals surface area contributed by atoms with Gasteiger partial charge in [0.15, 0.2) is 0 Å². The highest BCUT2D eigenvalue weighted by atomic mass is 19.3. The molecule has 0 bridgehead atoms. The van der Waals surface area contributed by atoms with Crippen LogP contribution in [0.25, 0.3) is 0 Å². The van der Waals surface area contributed by atoms with Crippen LogP contribution in [0, 0.1) is 5.92 Å². The van der Waals surface area contributed by atoms with Crippen molar-refractivity contribution in [3.8, 4) is 0 Å². The second-order valence-corrected chi connectivity index (χ2v) is 3.42. The first-order chi connectivity index (χ1) is 5.11. The fraction of sp³-hybridized carbons (Fsp3) is 1.00. The summed E-state index contributed by atoms with van der Waals surface area (Å²) in [6, 6.07) is -0.399. The lowest BCUT2D eigenvalue weighted by molar-refractivity contribution is 0.0994. The topological polar surface area (TPSA) is 12.0 Å². The van der Waals surface area contributed by atoms with Gasteiger partial charge in [0.1, 0.15) is 0 Å². The highest BCUT2D eigenvalue weighted by Crippen LogP contribution is 2.32. The summed E-state index contributed by atoms with van der Waals surface area (Å²) in [6.07, 6.45) is 0.157. The molecule has 0 saturated heterocycles. The van der Waals surface area contributed by atoms with E-state index in [0.717, 1.165) is 0 Å². The van der Waals surface area contributed by atoms with E-state index in [1.165, 1.54) is 19.8 Å². The number of hydrogen-bond acceptors (Lipinski definition) is 1. The summed E-state index contributed by atoms with van der Waals surface area (Å²) >= 11 is 0. The maximum absolute atomic E-state index is 12.0. The van der Waals surface area contributed by atoms with Crippen molar-refractivity contribution < 1.29 is 8.78 Å². The Labute approximate surface area is 66.2 Å².